The van der Waals surface area contributed by atoms with Crippen LogP contribution in [0.15, 0.2) is 48.5 Å². The highest BCUT2D eigenvalue weighted by Gasteiger charge is 2.35. The second-order valence-electron chi connectivity index (χ2n) is 6.08. The van der Waals surface area contributed by atoms with Gasteiger partial charge in [-0.3, -0.25) is 4.79 Å². The normalized spacial score (nSPS) is 17.6. The van der Waals surface area contributed by atoms with Crippen molar-refractivity contribution in [1.82, 2.24) is 5.32 Å². The highest BCUT2D eigenvalue weighted by atomic mass is 19.4. The summed E-state index contributed by atoms with van der Waals surface area (Å²) in [6.45, 7) is 1.72. The van der Waals surface area contributed by atoms with Gasteiger partial charge in [0, 0.05) is 0 Å². The van der Waals surface area contributed by atoms with Crippen molar-refractivity contribution in [3.63, 3.8) is 0 Å². The monoisotopic (exact) mass is 365 g/mol. The van der Waals surface area contributed by atoms with Crippen LogP contribution in [-0.4, -0.2) is 24.7 Å². The second-order valence-corrected chi connectivity index (χ2v) is 6.08. The molecule has 0 radical (unpaired) electrons. The van der Waals surface area contributed by atoms with Gasteiger partial charge in [0.2, 0.25) is 0 Å². The lowest BCUT2D eigenvalue weighted by Crippen LogP contribution is -2.47. The Morgan fingerprint density at radius 1 is 1.19 bits per heavy atom. The Morgan fingerprint density at radius 3 is 2.65 bits per heavy atom. The van der Waals surface area contributed by atoms with Gasteiger partial charge in [-0.2, -0.15) is 13.2 Å². The lowest BCUT2D eigenvalue weighted by atomic mass is 10.0. The quantitative estimate of drug-likeness (QED) is 0.901. The first-order valence-corrected chi connectivity index (χ1v) is 8.18. The molecule has 0 spiro atoms. The van der Waals surface area contributed by atoms with Crippen molar-refractivity contribution in [3.8, 4) is 11.5 Å². The van der Waals surface area contributed by atoms with Crippen LogP contribution in [0.4, 0.5) is 13.2 Å². The fraction of sp³-hybridized carbons (Fsp3) is 0.316. The molecule has 4 nitrogen and oxygen atoms in total. The van der Waals surface area contributed by atoms with Crippen LogP contribution in [0.3, 0.4) is 0 Å². The number of ether oxygens (including phenoxy) is 2. The van der Waals surface area contributed by atoms with Crippen molar-refractivity contribution in [2.75, 3.05) is 6.61 Å². The molecule has 1 amide bonds. The summed E-state index contributed by atoms with van der Waals surface area (Å²) in [6.07, 6.45) is -5.03. The molecule has 138 valence electrons. The number of hydrogen-bond donors (Lipinski definition) is 1. The van der Waals surface area contributed by atoms with Gasteiger partial charge in [0.15, 0.2) is 6.10 Å². The summed E-state index contributed by atoms with van der Waals surface area (Å²) in [5.74, 6) is -0.0794. The van der Waals surface area contributed by atoms with Gasteiger partial charge in [-0.15, -0.1) is 0 Å². The summed E-state index contributed by atoms with van der Waals surface area (Å²) in [5, 5.41) is 2.77. The predicted molar refractivity (Wildman–Crippen MR) is 89.1 cm³/mol. The summed E-state index contributed by atoms with van der Waals surface area (Å²) in [4.78, 5) is 12.3. The Hall–Kier alpha value is -2.70. The number of halogens is 3. The van der Waals surface area contributed by atoms with E-state index in [1.807, 2.05) is 24.3 Å². The maximum absolute atomic E-state index is 13.0. The average Bonchev–Trinajstić information content (AvgIpc) is 2.61. The van der Waals surface area contributed by atoms with Crippen molar-refractivity contribution < 1.29 is 27.4 Å². The van der Waals surface area contributed by atoms with Crippen molar-refractivity contribution in [3.05, 3.63) is 59.7 Å². The van der Waals surface area contributed by atoms with Crippen LogP contribution in [0.2, 0.25) is 0 Å². The molecule has 0 fully saturated rings. The smallest absolute Gasteiger partial charge is 0.419 e. The molecule has 2 atom stereocenters. The molecule has 2 unspecified atom stereocenters. The summed E-state index contributed by atoms with van der Waals surface area (Å²) in [5.41, 5.74) is 0.0645. The van der Waals surface area contributed by atoms with E-state index in [1.165, 1.54) is 25.1 Å². The van der Waals surface area contributed by atoms with E-state index in [1.54, 1.807) is 0 Å². The molecule has 0 saturated heterocycles. The van der Waals surface area contributed by atoms with Crippen molar-refractivity contribution in [2.45, 2.75) is 31.7 Å². The molecule has 1 heterocycles. The molecule has 3 rings (SSSR count). The molecule has 26 heavy (non-hydrogen) atoms. The van der Waals surface area contributed by atoms with Gasteiger partial charge in [0.25, 0.3) is 5.91 Å². The summed E-state index contributed by atoms with van der Waals surface area (Å²) in [7, 11) is 0. The zero-order valence-electron chi connectivity index (χ0n) is 14.0. The summed E-state index contributed by atoms with van der Waals surface area (Å²) in [6, 6.07) is 12.1. The van der Waals surface area contributed by atoms with E-state index in [9.17, 15) is 18.0 Å². The van der Waals surface area contributed by atoms with E-state index in [4.69, 9.17) is 9.47 Å². The third-order valence-electron chi connectivity index (χ3n) is 4.09. The Morgan fingerprint density at radius 2 is 1.88 bits per heavy atom. The van der Waals surface area contributed by atoms with Gasteiger partial charge in [0.1, 0.15) is 18.1 Å². The van der Waals surface area contributed by atoms with Gasteiger partial charge in [-0.1, -0.05) is 30.3 Å². The SMILES string of the molecule is CC(Oc1ccccc1C(F)(F)F)C(=O)NC1COc2ccccc2C1. The molecule has 1 N–H and O–H groups in total. The molecule has 2 aromatic carbocycles. The molecule has 0 aliphatic carbocycles. The predicted octanol–water partition coefficient (Wildman–Crippen LogP) is 3.59. The molecular formula is C19H18F3NO3. The Balaban J connectivity index is 1.63. The number of carbonyl (C=O) groups is 1. The number of benzene rings is 2. The first kappa shape index (κ1) is 18.1. The van der Waals surface area contributed by atoms with Crippen LogP contribution in [0.1, 0.15) is 18.1 Å². The molecule has 2 aromatic rings. The highest BCUT2D eigenvalue weighted by Crippen LogP contribution is 2.36. The lowest BCUT2D eigenvalue weighted by molar-refractivity contribution is -0.140. The van der Waals surface area contributed by atoms with E-state index in [2.05, 4.69) is 5.32 Å². The lowest BCUT2D eigenvalue weighted by Gasteiger charge is -2.27. The van der Waals surface area contributed by atoms with Crippen LogP contribution in [0.25, 0.3) is 0 Å². The van der Waals surface area contributed by atoms with Crippen LogP contribution in [0, 0.1) is 0 Å². The maximum Gasteiger partial charge on any atom is 0.419 e. The van der Waals surface area contributed by atoms with Crippen LogP contribution in [0.5, 0.6) is 11.5 Å². The molecular weight excluding hydrogens is 347 g/mol. The van der Waals surface area contributed by atoms with Gasteiger partial charge < -0.3 is 14.8 Å². The standard InChI is InChI=1S/C19H18F3NO3/c1-12(26-17-9-5-3-7-15(17)19(20,21)22)18(24)23-14-10-13-6-2-4-8-16(13)25-11-14/h2-9,12,14H,10-11H2,1H3,(H,23,24). The van der Waals surface area contributed by atoms with Gasteiger partial charge in [-0.05, 0) is 37.1 Å². The summed E-state index contributed by atoms with van der Waals surface area (Å²) < 4.78 is 49.9. The van der Waals surface area contributed by atoms with Crippen molar-refractivity contribution >= 4 is 5.91 Å². The number of nitrogens with one attached hydrogen (secondary N) is 1. The van der Waals surface area contributed by atoms with E-state index >= 15 is 0 Å². The van der Waals surface area contributed by atoms with E-state index in [-0.39, 0.29) is 11.8 Å². The first-order chi connectivity index (χ1) is 12.3. The number of carbonyl (C=O) groups excluding carboxylic acids is 1. The van der Waals surface area contributed by atoms with Gasteiger partial charge >= 0.3 is 6.18 Å². The fourth-order valence-electron chi connectivity index (χ4n) is 2.79. The Bertz CT molecular complexity index is 792. The Labute approximate surface area is 148 Å². The van der Waals surface area contributed by atoms with E-state index in [0.717, 1.165) is 17.4 Å². The van der Waals surface area contributed by atoms with Crippen molar-refractivity contribution in [2.24, 2.45) is 0 Å². The third kappa shape index (κ3) is 4.09. The first-order valence-electron chi connectivity index (χ1n) is 8.18. The van der Waals surface area contributed by atoms with Crippen LogP contribution < -0.4 is 14.8 Å². The molecule has 1 aliphatic heterocycles. The largest absolute Gasteiger partial charge is 0.491 e. The molecule has 1 aliphatic rings. The molecule has 0 aromatic heterocycles. The van der Waals surface area contributed by atoms with Crippen LogP contribution in [-0.2, 0) is 17.4 Å². The highest BCUT2D eigenvalue weighted by molar-refractivity contribution is 5.81. The average molecular weight is 365 g/mol. The maximum atomic E-state index is 13.0. The van der Waals surface area contributed by atoms with E-state index < -0.39 is 23.8 Å². The third-order valence-corrected chi connectivity index (χ3v) is 4.09. The minimum absolute atomic E-state index is 0.263. The number of alkyl halides is 3. The fourth-order valence-corrected chi connectivity index (χ4v) is 2.79. The zero-order valence-corrected chi connectivity index (χ0v) is 14.0. The Kier molecular flexibility index (Phi) is 5.06. The number of rotatable bonds is 4. The topological polar surface area (TPSA) is 47.6 Å². The number of para-hydroxylation sites is 2. The second kappa shape index (κ2) is 7.27. The minimum atomic E-state index is -4.55. The van der Waals surface area contributed by atoms with Crippen molar-refractivity contribution in [1.29, 1.82) is 0 Å². The molecule has 0 bridgehead atoms. The van der Waals surface area contributed by atoms with E-state index in [0.29, 0.717) is 13.0 Å². The number of fused-ring (bicyclic) bond motifs is 1. The number of amides is 1. The molecule has 0 saturated carbocycles. The number of hydrogen-bond acceptors (Lipinski definition) is 3. The summed E-state index contributed by atoms with van der Waals surface area (Å²) >= 11 is 0. The van der Waals surface area contributed by atoms with Gasteiger partial charge in [0.05, 0.1) is 11.6 Å². The zero-order chi connectivity index (χ0) is 18.7. The molecule has 7 heteroatoms. The van der Waals surface area contributed by atoms with Crippen LogP contribution >= 0.6 is 0 Å². The minimum Gasteiger partial charge on any atom is -0.491 e. The van der Waals surface area contributed by atoms with Gasteiger partial charge in [-0.25, -0.2) is 0 Å².